The maximum absolute atomic E-state index is 12.4. The highest BCUT2D eigenvalue weighted by atomic mass is 35.5. The van der Waals surface area contributed by atoms with Crippen molar-refractivity contribution in [3.05, 3.63) is 52.6 Å². The first-order chi connectivity index (χ1) is 12.4. The molecular weight excluding hydrogens is 366 g/mol. The number of hydrogen-bond donors (Lipinski definition) is 1. The van der Waals surface area contributed by atoms with E-state index in [1.165, 1.54) is 16.8 Å². The Morgan fingerprint density at radius 1 is 1.31 bits per heavy atom. The first kappa shape index (κ1) is 18.0. The summed E-state index contributed by atoms with van der Waals surface area (Å²) in [6.45, 7) is 1.23. The predicted molar refractivity (Wildman–Crippen MR) is 91.8 cm³/mol. The Morgan fingerprint density at radius 3 is 2.85 bits per heavy atom. The van der Waals surface area contributed by atoms with E-state index >= 15 is 0 Å². The average Bonchev–Trinajstić information content (AvgIpc) is 3.06. The molecule has 0 atom stereocenters. The molecular formula is C16H15ClF2N6O. The molecule has 10 heteroatoms. The van der Waals surface area contributed by atoms with Crippen molar-refractivity contribution < 1.29 is 13.5 Å². The van der Waals surface area contributed by atoms with Gasteiger partial charge < -0.3 is 10.1 Å². The molecule has 2 heterocycles. The quantitative estimate of drug-likeness (QED) is 0.704. The monoisotopic (exact) mass is 380 g/mol. The molecule has 0 saturated carbocycles. The van der Waals surface area contributed by atoms with Gasteiger partial charge in [-0.05, 0) is 31.5 Å². The second kappa shape index (κ2) is 7.61. The third-order valence-corrected chi connectivity index (χ3v) is 3.90. The number of nitrogens with zero attached hydrogens (tertiary/aromatic N) is 5. The Morgan fingerprint density at radius 2 is 2.12 bits per heavy atom. The van der Waals surface area contributed by atoms with Crippen LogP contribution in [0.2, 0.25) is 5.02 Å². The van der Waals surface area contributed by atoms with Crippen LogP contribution in [-0.4, -0.2) is 31.6 Å². The third kappa shape index (κ3) is 4.23. The van der Waals surface area contributed by atoms with Gasteiger partial charge in [0, 0.05) is 18.0 Å². The van der Waals surface area contributed by atoms with Crippen molar-refractivity contribution in [2.24, 2.45) is 0 Å². The van der Waals surface area contributed by atoms with Crippen molar-refractivity contribution in [2.75, 3.05) is 5.32 Å². The number of aryl methyl sites for hydroxylation is 2. The molecule has 1 aromatic carbocycles. The summed E-state index contributed by atoms with van der Waals surface area (Å²) in [4.78, 5) is 8.51. The molecule has 26 heavy (non-hydrogen) atoms. The number of halogens is 3. The Labute approximate surface area is 153 Å². The lowest BCUT2D eigenvalue weighted by Gasteiger charge is -2.08. The van der Waals surface area contributed by atoms with Gasteiger partial charge in [-0.2, -0.15) is 8.78 Å². The first-order valence-corrected chi connectivity index (χ1v) is 8.00. The van der Waals surface area contributed by atoms with E-state index in [1.54, 1.807) is 18.5 Å². The van der Waals surface area contributed by atoms with Crippen LogP contribution in [0, 0.1) is 13.8 Å². The minimum absolute atomic E-state index is 0.0861. The van der Waals surface area contributed by atoms with Crippen LogP contribution in [0.1, 0.15) is 17.0 Å². The zero-order valence-electron chi connectivity index (χ0n) is 13.9. The smallest absolute Gasteiger partial charge is 0.387 e. The van der Waals surface area contributed by atoms with Crippen molar-refractivity contribution >= 4 is 17.5 Å². The van der Waals surface area contributed by atoms with Crippen LogP contribution >= 0.6 is 11.6 Å². The number of hydrogen-bond acceptors (Lipinski definition) is 6. The van der Waals surface area contributed by atoms with Crippen molar-refractivity contribution in [2.45, 2.75) is 27.0 Å². The second-order valence-corrected chi connectivity index (χ2v) is 5.87. The van der Waals surface area contributed by atoms with Crippen LogP contribution in [0.5, 0.6) is 5.75 Å². The molecule has 2 aromatic heterocycles. The largest absolute Gasteiger partial charge is 0.433 e. The van der Waals surface area contributed by atoms with E-state index in [0.29, 0.717) is 23.9 Å². The molecule has 0 radical (unpaired) electrons. The summed E-state index contributed by atoms with van der Waals surface area (Å²) in [6, 6.07) is 4.45. The standard InChI is InChI=1S/C16H15ClF2N6O/c1-9-6-20-16(22-10(9)2)21-7-11-8-25(24-23-11)12-3-4-13(17)14(5-12)26-15(18)19/h3-6,8,15H,7H2,1-2H3,(H,20,21,22). The van der Waals surface area contributed by atoms with Crippen LogP contribution < -0.4 is 10.1 Å². The van der Waals surface area contributed by atoms with Gasteiger partial charge >= 0.3 is 6.61 Å². The molecule has 3 rings (SSSR count). The van der Waals surface area contributed by atoms with Crippen LogP contribution in [0.3, 0.4) is 0 Å². The van der Waals surface area contributed by atoms with Gasteiger partial charge in [-0.1, -0.05) is 16.8 Å². The molecule has 136 valence electrons. The Hall–Kier alpha value is -2.81. The van der Waals surface area contributed by atoms with Crippen LogP contribution in [0.15, 0.2) is 30.6 Å². The first-order valence-electron chi connectivity index (χ1n) is 7.62. The minimum Gasteiger partial charge on any atom is -0.433 e. The molecule has 0 aliphatic rings. The van der Waals surface area contributed by atoms with E-state index < -0.39 is 6.61 Å². The Kier molecular flexibility index (Phi) is 5.27. The van der Waals surface area contributed by atoms with Gasteiger partial charge in [-0.15, -0.1) is 5.10 Å². The number of aromatic nitrogens is 5. The fourth-order valence-corrected chi connectivity index (χ4v) is 2.27. The fraction of sp³-hybridized carbons (Fsp3) is 0.250. The summed E-state index contributed by atoms with van der Waals surface area (Å²) >= 11 is 5.85. The summed E-state index contributed by atoms with van der Waals surface area (Å²) in [5.41, 5.74) is 3.01. The highest BCUT2D eigenvalue weighted by molar-refractivity contribution is 6.32. The maximum Gasteiger partial charge on any atom is 0.387 e. The van der Waals surface area contributed by atoms with Gasteiger partial charge in [-0.25, -0.2) is 14.6 Å². The van der Waals surface area contributed by atoms with Gasteiger partial charge in [-0.3, -0.25) is 0 Å². The van der Waals surface area contributed by atoms with E-state index in [0.717, 1.165) is 11.3 Å². The van der Waals surface area contributed by atoms with Gasteiger partial charge in [0.1, 0.15) is 11.4 Å². The highest BCUT2D eigenvalue weighted by Gasteiger charge is 2.11. The molecule has 0 bridgehead atoms. The lowest BCUT2D eigenvalue weighted by molar-refractivity contribution is -0.0497. The molecule has 0 unspecified atom stereocenters. The Balaban J connectivity index is 1.72. The molecule has 3 aromatic rings. The fourth-order valence-electron chi connectivity index (χ4n) is 2.11. The summed E-state index contributed by atoms with van der Waals surface area (Å²) in [6.07, 6.45) is 3.39. The normalized spacial score (nSPS) is 11.0. The summed E-state index contributed by atoms with van der Waals surface area (Å²) < 4.78 is 30.7. The van der Waals surface area contributed by atoms with Gasteiger partial charge in [0.2, 0.25) is 5.95 Å². The molecule has 1 N–H and O–H groups in total. The maximum atomic E-state index is 12.4. The third-order valence-electron chi connectivity index (χ3n) is 3.59. The molecule has 0 aliphatic carbocycles. The van der Waals surface area contributed by atoms with E-state index in [-0.39, 0.29) is 10.8 Å². The molecule has 0 amide bonds. The molecule has 0 spiro atoms. The summed E-state index contributed by atoms with van der Waals surface area (Å²) in [7, 11) is 0. The van der Waals surface area contributed by atoms with Crippen LogP contribution in [0.25, 0.3) is 5.69 Å². The van der Waals surface area contributed by atoms with Gasteiger partial charge in [0.25, 0.3) is 0 Å². The van der Waals surface area contributed by atoms with Crippen molar-refractivity contribution in [1.82, 2.24) is 25.0 Å². The summed E-state index contributed by atoms with van der Waals surface area (Å²) in [5, 5.41) is 11.2. The lowest BCUT2D eigenvalue weighted by Crippen LogP contribution is -2.05. The van der Waals surface area contributed by atoms with Gasteiger partial charge in [0.05, 0.1) is 23.5 Å². The number of nitrogens with one attached hydrogen (secondary N) is 1. The SMILES string of the molecule is Cc1cnc(NCc2cn(-c3ccc(Cl)c(OC(F)F)c3)nn2)nc1C. The lowest BCUT2D eigenvalue weighted by atomic mass is 10.3. The zero-order valence-corrected chi connectivity index (χ0v) is 14.7. The molecule has 0 fully saturated rings. The Bertz CT molecular complexity index is 918. The number of benzene rings is 1. The van der Waals surface area contributed by atoms with Crippen molar-refractivity contribution in [1.29, 1.82) is 0 Å². The van der Waals surface area contributed by atoms with E-state index in [4.69, 9.17) is 11.6 Å². The molecule has 7 nitrogen and oxygen atoms in total. The second-order valence-electron chi connectivity index (χ2n) is 5.46. The zero-order chi connectivity index (χ0) is 18.7. The molecule has 0 aliphatic heterocycles. The van der Waals surface area contributed by atoms with Crippen molar-refractivity contribution in [3.8, 4) is 11.4 Å². The van der Waals surface area contributed by atoms with Crippen LogP contribution in [-0.2, 0) is 6.54 Å². The predicted octanol–water partition coefficient (Wildman–Crippen LogP) is 3.54. The van der Waals surface area contributed by atoms with Crippen LogP contribution in [0.4, 0.5) is 14.7 Å². The highest BCUT2D eigenvalue weighted by Crippen LogP contribution is 2.28. The van der Waals surface area contributed by atoms with Crippen molar-refractivity contribution in [3.63, 3.8) is 0 Å². The number of alkyl halides is 2. The minimum atomic E-state index is -2.96. The van der Waals surface area contributed by atoms with E-state index in [9.17, 15) is 8.78 Å². The number of rotatable bonds is 6. The summed E-state index contributed by atoms with van der Waals surface area (Å²) in [5.74, 6) is 0.361. The van der Waals surface area contributed by atoms with E-state index in [2.05, 4.69) is 30.3 Å². The topological polar surface area (TPSA) is 77.8 Å². The average molecular weight is 381 g/mol. The number of anilines is 1. The van der Waals surface area contributed by atoms with Gasteiger partial charge in [0.15, 0.2) is 0 Å². The number of ether oxygens (including phenoxy) is 1. The van der Waals surface area contributed by atoms with E-state index in [1.807, 2.05) is 13.8 Å². The molecule has 0 saturated heterocycles.